The molecule has 8 nitrogen and oxygen atoms in total. The van der Waals surface area contributed by atoms with Crippen molar-refractivity contribution >= 4 is 46.3 Å². The third-order valence-electron chi connectivity index (χ3n) is 4.65. The van der Waals surface area contributed by atoms with Gasteiger partial charge in [-0.2, -0.15) is 10.1 Å². The first kappa shape index (κ1) is 22.9. The zero-order valence-corrected chi connectivity index (χ0v) is 18.6. The Kier molecular flexibility index (Phi) is 6.51. The maximum Gasteiger partial charge on any atom is 0.247 e. The van der Waals surface area contributed by atoms with Crippen LogP contribution in [0, 0.1) is 11.6 Å². The van der Waals surface area contributed by atoms with Gasteiger partial charge in [0.15, 0.2) is 0 Å². The molecule has 1 amide bonds. The van der Waals surface area contributed by atoms with Gasteiger partial charge < -0.3 is 16.0 Å². The van der Waals surface area contributed by atoms with Crippen LogP contribution in [-0.2, 0) is 11.8 Å². The van der Waals surface area contributed by atoms with E-state index in [2.05, 4.69) is 37.6 Å². The zero-order valence-electron chi connectivity index (χ0n) is 17.8. The molecular weight excluding hydrogens is 464 g/mol. The fourth-order valence-electron chi connectivity index (χ4n) is 3.05. The normalized spacial score (nSPS) is 10.6. The number of amides is 1. The summed E-state index contributed by atoms with van der Waals surface area (Å²) >= 11 is 5.82. The summed E-state index contributed by atoms with van der Waals surface area (Å²) < 4.78 is 30.4. The number of nitrogens with one attached hydrogen (secondary N) is 3. The monoisotopic (exact) mass is 481 g/mol. The zero-order chi connectivity index (χ0) is 24.2. The van der Waals surface area contributed by atoms with Crippen LogP contribution >= 0.6 is 11.6 Å². The largest absolute Gasteiger partial charge is 0.337 e. The third-order valence-corrected chi connectivity index (χ3v) is 4.96. The Bertz CT molecular complexity index is 1390. The maximum absolute atomic E-state index is 14.6. The van der Waals surface area contributed by atoms with Gasteiger partial charge in [0.2, 0.25) is 11.9 Å². The Balaban J connectivity index is 1.75. The van der Waals surface area contributed by atoms with E-state index in [-0.39, 0.29) is 22.5 Å². The van der Waals surface area contributed by atoms with Crippen LogP contribution < -0.4 is 16.0 Å². The molecule has 0 radical (unpaired) electrons. The van der Waals surface area contributed by atoms with Crippen LogP contribution in [-0.4, -0.2) is 25.7 Å². The topological polar surface area (TPSA) is 96.8 Å². The SMILES string of the molecule is C=CC(=O)Nc1ccc(F)c(Nc2nc(Nc3cnn(C)c3)ncc2-c2ccc(Cl)c(F)c2)c1. The van der Waals surface area contributed by atoms with Crippen molar-refractivity contribution in [3.63, 3.8) is 0 Å². The number of benzene rings is 2. The van der Waals surface area contributed by atoms with Gasteiger partial charge in [0.05, 0.1) is 22.6 Å². The number of hydrogen-bond acceptors (Lipinski definition) is 6. The van der Waals surface area contributed by atoms with Gasteiger partial charge in [0.1, 0.15) is 17.5 Å². The van der Waals surface area contributed by atoms with Gasteiger partial charge in [0.25, 0.3) is 0 Å². The Morgan fingerprint density at radius 1 is 1.09 bits per heavy atom. The van der Waals surface area contributed by atoms with Gasteiger partial charge in [-0.05, 0) is 42.0 Å². The van der Waals surface area contributed by atoms with Gasteiger partial charge in [-0.25, -0.2) is 13.8 Å². The van der Waals surface area contributed by atoms with Crippen LogP contribution in [0.5, 0.6) is 0 Å². The number of aromatic nitrogens is 4. The molecule has 2 aromatic heterocycles. The Hall–Kier alpha value is -4.31. The number of anilines is 5. The minimum Gasteiger partial charge on any atom is -0.337 e. The van der Waals surface area contributed by atoms with E-state index in [1.165, 1.54) is 36.5 Å². The molecule has 2 heterocycles. The molecule has 0 aliphatic heterocycles. The van der Waals surface area contributed by atoms with Gasteiger partial charge in [-0.1, -0.05) is 24.2 Å². The first-order valence-electron chi connectivity index (χ1n) is 9.90. The standard InChI is InChI=1S/C23H18ClF2N7O/c1-3-21(34)29-14-5-7-18(25)20(9-14)31-22-16(13-4-6-17(24)19(26)8-13)11-27-23(32-22)30-15-10-28-33(2)12-15/h3-12H,1H2,2H3,(H,29,34)(H2,27,30,31,32). The molecule has 0 atom stereocenters. The lowest BCUT2D eigenvalue weighted by molar-refractivity contribution is -0.111. The summed E-state index contributed by atoms with van der Waals surface area (Å²) in [6, 6.07) is 8.24. The molecule has 4 rings (SSSR count). The summed E-state index contributed by atoms with van der Waals surface area (Å²) in [4.78, 5) is 20.4. The predicted molar refractivity (Wildman–Crippen MR) is 127 cm³/mol. The van der Waals surface area contributed by atoms with E-state index in [4.69, 9.17) is 11.6 Å². The quantitative estimate of drug-likeness (QED) is 0.305. The minimum atomic E-state index is -0.622. The molecular formula is C23H18ClF2N7O. The highest BCUT2D eigenvalue weighted by Crippen LogP contribution is 2.33. The molecule has 0 fully saturated rings. The molecule has 0 saturated heterocycles. The number of hydrogen-bond donors (Lipinski definition) is 3. The molecule has 0 aliphatic rings. The Morgan fingerprint density at radius 3 is 2.62 bits per heavy atom. The molecule has 0 unspecified atom stereocenters. The molecule has 34 heavy (non-hydrogen) atoms. The van der Waals surface area contributed by atoms with E-state index in [9.17, 15) is 13.6 Å². The number of rotatable bonds is 7. The number of carbonyl (C=O) groups is 1. The summed E-state index contributed by atoms with van der Waals surface area (Å²) in [5, 5.41) is 12.5. The second kappa shape index (κ2) is 9.67. The van der Waals surface area contributed by atoms with Gasteiger partial charge in [0, 0.05) is 30.7 Å². The van der Waals surface area contributed by atoms with Crippen molar-refractivity contribution in [2.45, 2.75) is 0 Å². The summed E-state index contributed by atoms with van der Waals surface area (Å²) in [6.45, 7) is 3.40. The van der Waals surface area contributed by atoms with Crippen molar-refractivity contribution in [2.24, 2.45) is 7.05 Å². The van der Waals surface area contributed by atoms with Crippen molar-refractivity contribution in [1.82, 2.24) is 19.7 Å². The van der Waals surface area contributed by atoms with Crippen LogP contribution in [0.15, 0.2) is 67.6 Å². The summed E-state index contributed by atoms with van der Waals surface area (Å²) in [6.07, 6.45) is 5.89. The highest BCUT2D eigenvalue weighted by Gasteiger charge is 2.15. The summed E-state index contributed by atoms with van der Waals surface area (Å²) in [7, 11) is 1.76. The van der Waals surface area contributed by atoms with Crippen molar-refractivity contribution in [3.05, 3.63) is 84.3 Å². The molecule has 3 N–H and O–H groups in total. The van der Waals surface area contributed by atoms with Gasteiger partial charge in [-0.3, -0.25) is 9.48 Å². The van der Waals surface area contributed by atoms with Crippen molar-refractivity contribution < 1.29 is 13.6 Å². The molecule has 172 valence electrons. The third kappa shape index (κ3) is 5.18. The molecule has 0 saturated carbocycles. The fourth-order valence-corrected chi connectivity index (χ4v) is 3.16. The molecule has 0 spiro atoms. The van der Waals surface area contributed by atoms with E-state index in [0.717, 1.165) is 6.08 Å². The summed E-state index contributed by atoms with van der Waals surface area (Å²) in [5.41, 5.74) is 1.83. The second-order valence-electron chi connectivity index (χ2n) is 7.13. The van der Waals surface area contributed by atoms with E-state index in [1.54, 1.807) is 30.2 Å². The maximum atomic E-state index is 14.6. The molecule has 0 aliphatic carbocycles. The number of nitrogens with zero attached hydrogens (tertiary/aromatic N) is 4. The van der Waals surface area contributed by atoms with Crippen molar-refractivity contribution in [3.8, 4) is 11.1 Å². The molecule has 0 bridgehead atoms. The Labute approximate surface area is 198 Å². The molecule has 11 heteroatoms. The minimum absolute atomic E-state index is 0.0311. The van der Waals surface area contributed by atoms with Crippen LogP contribution in [0.3, 0.4) is 0 Å². The highest BCUT2D eigenvalue weighted by molar-refractivity contribution is 6.30. The number of carbonyl (C=O) groups excluding carboxylic acids is 1. The first-order valence-corrected chi connectivity index (χ1v) is 10.3. The first-order chi connectivity index (χ1) is 16.3. The van der Waals surface area contributed by atoms with Crippen LogP contribution in [0.2, 0.25) is 5.02 Å². The molecule has 2 aromatic carbocycles. The van der Waals surface area contributed by atoms with Crippen LogP contribution in [0.4, 0.5) is 37.6 Å². The lowest BCUT2D eigenvalue weighted by Gasteiger charge is -2.15. The smallest absolute Gasteiger partial charge is 0.247 e. The van der Waals surface area contributed by atoms with Crippen LogP contribution in [0.25, 0.3) is 11.1 Å². The van der Waals surface area contributed by atoms with E-state index in [1.807, 2.05) is 0 Å². The van der Waals surface area contributed by atoms with Crippen molar-refractivity contribution in [1.29, 1.82) is 0 Å². The van der Waals surface area contributed by atoms with Crippen molar-refractivity contribution in [2.75, 3.05) is 16.0 Å². The van der Waals surface area contributed by atoms with E-state index < -0.39 is 17.5 Å². The Morgan fingerprint density at radius 2 is 1.91 bits per heavy atom. The number of halogens is 3. The highest BCUT2D eigenvalue weighted by atomic mass is 35.5. The molecule has 4 aromatic rings. The number of aryl methyl sites for hydroxylation is 1. The predicted octanol–water partition coefficient (Wildman–Crippen LogP) is 5.42. The summed E-state index contributed by atoms with van der Waals surface area (Å²) in [5.74, 6) is -1.27. The van der Waals surface area contributed by atoms with Gasteiger partial charge >= 0.3 is 0 Å². The average molecular weight is 482 g/mol. The van der Waals surface area contributed by atoms with Crippen LogP contribution in [0.1, 0.15) is 0 Å². The van der Waals surface area contributed by atoms with E-state index >= 15 is 0 Å². The average Bonchev–Trinajstić information content (AvgIpc) is 3.22. The fraction of sp³-hybridized carbons (Fsp3) is 0.0435. The second-order valence-corrected chi connectivity index (χ2v) is 7.53. The van der Waals surface area contributed by atoms with E-state index in [0.29, 0.717) is 22.5 Å². The lowest BCUT2D eigenvalue weighted by Crippen LogP contribution is -2.08. The van der Waals surface area contributed by atoms with Gasteiger partial charge in [-0.15, -0.1) is 0 Å². The lowest BCUT2D eigenvalue weighted by atomic mass is 10.1.